The lowest BCUT2D eigenvalue weighted by Gasteiger charge is -2.35. The van der Waals surface area contributed by atoms with Gasteiger partial charge >= 0.3 is 0 Å². The predicted octanol–water partition coefficient (Wildman–Crippen LogP) is 0.601. The first-order chi connectivity index (χ1) is 13.0. The van der Waals surface area contributed by atoms with Gasteiger partial charge in [0, 0.05) is 58.0 Å². The SMILES string of the molecule is CN(C)c1ccc2c(c1)N(C)c1cc(N(C)C)ccc1B2c1ncncn1. The molecule has 2 heterocycles. The summed E-state index contributed by atoms with van der Waals surface area (Å²) in [5.74, 6) is 0. The molecule has 4 rings (SSSR count). The largest absolute Gasteiger partial charge is 0.378 e. The maximum absolute atomic E-state index is 4.48. The number of benzene rings is 2. The third kappa shape index (κ3) is 2.89. The zero-order valence-electron chi connectivity index (χ0n) is 16.4. The second-order valence-electron chi connectivity index (χ2n) is 7.26. The molecule has 0 fully saturated rings. The van der Waals surface area contributed by atoms with E-state index in [0.29, 0.717) is 0 Å². The first kappa shape index (κ1) is 17.3. The first-order valence-electron chi connectivity index (χ1n) is 8.95. The van der Waals surface area contributed by atoms with E-state index < -0.39 is 0 Å². The molecule has 1 aliphatic heterocycles. The molecular formula is C20H23BN6. The van der Waals surface area contributed by atoms with Crippen molar-refractivity contribution in [2.75, 3.05) is 49.9 Å². The molecule has 1 aliphatic rings. The lowest BCUT2D eigenvalue weighted by atomic mass is 9.38. The fourth-order valence-corrected chi connectivity index (χ4v) is 3.66. The van der Waals surface area contributed by atoms with Crippen molar-refractivity contribution in [1.29, 1.82) is 0 Å². The Bertz CT molecular complexity index is 914. The molecule has 0 aliphatic carbocycles. The maximum atomic E-state index is 4.48. The number of hydrogen-bond acceptors (Lipinski definition) is 6. The van der Waals surface area contributed by atoms with Crippen LogP contribution in [0.25, 0.3) is 0 Å². The van der Waals surface area contributed by atoms with Gasteiger partial charge < -0.3 is 14.7 Å². The van der Waals surface area contributed by atoms with Crippen LogP contribution in [-0.2, 0) is 0 Å². The van der Waals surface area contributed by atoms with Crippen molar-refractivity contribution in [1.82, 2.24) is 15.0 Å². The quantitative estimate of drug-likeness (QED) is 0.640. The van der Waals surface area contributed by atoms with Gasteiger partial charge in [-0.3, -0.25) is 0 Å². The highest BCUT2D eigenvalue weighted by Crippen LogP contribution is 2.31. The Hall–Kier alpha value is -3.09. The molecule has 136 valence electrons. The van der Waals surface area contributed by atoms with Crippen LogP contribution in [0.2, 0.25) is 0 Å². The molecule has 0 radical (unpaired) electrons. The molecule has 7 heteroatoms. The van der Waals surface area contributed by atoms with Crippen LogP contribution in [0.5, 0.6) is 0 Å². The number of anilines is 4. The Kier molecular flexibility index (Phi) is 4.22. The molecule has 1 aromatic heterocycles. The molecule has 0 unspecified atom stereocenters. The van der Waals surface area contributed by atoms with Gasteiger partial charge in [0.15, 0.2) is 0 Å². The zero-order chi connectivity index (χ0) is 19.1. The van der Waals surface area contributed by atoms with Crippen LogP contribution in [0, 0.1) is 0 Å². The van der Waals surface area contributed by atoms with Gasteiger partial charge in [-0.25, -0.2) is 15.0 Å². The Balaban J connectivity index is 1.96. The van der Waals surface area contributed by atoms with Crippen LogP contribution in [0.4, 0.5) is 22.7 Å². The van der Waals surface area contributed by atoms with Crippen molar-refractivity contribution < 1.29 is 0 Å². The minimum atomic E-state index is -0.0124. The second kappa shape index (κ2) is 6.57. The van der Waals surface area contributed by atoms with Crippen LogP contribution in [0.3, 0.4) is 0 Å². The van der Waals surface area contributed by atoms with Crippen LogP contribution < -0.4 is 31.3 Å². The fourth-order valence-electron chi connectivity index (χ4n) is 3.66. The van der Waals surface area contributed by atoms with Gasteiger partial charge in [-0.2, -0.15) is 0 Å². The summed E-state index contributed by atoms with van der Waals surface area (Å²) in [6, 6.07) is 13.2. The van der Waals surface area contributed by atoms with Crippen LogP contribution >= 0.6 is 0 Å². The van der Waals surface area contributed by atoms with Crippen LogP contribution in [-0.4, -0.2) is 56.9 Å². The fraction of sp³-hybridized carbons (Fsp3) is 0.250. The van der Waals surface area contributed by atoms with E-state index in [1.165, 1.54) is 33.7 Å². The summed E-state index contributed by atoms with van der Waals surface area (Å²) < 4.78 is 0. The highest BCUT2D eigenvalue weighted by molar-refractivity contribution is 6.97. The third-order valence-corrected chi connectivity index (χ3v) is 5.18. The summed E-state index contributed by atoms with van der Waals surface area (Å²) in [7, 11) is 10.4. The van der Waals surface area contributed by atoms with E-state index in [4.69, 9.17) is 0 Å². The predicted molar refractivity (Wildman–Crippen MR) is 114 cm³/mol. The van der Waals surface area contributed by atoms with Crippen LogP contribution in [0.1, 0.15) is 0 Å². The van der Waals surface area contributed by atoms with Gasteiger partial charge in [-0.15, -0.1) is 0 Å². The van der Waals surface area contributed by atoms with E-state index in [2.05, 4.69) is 101 Å². The molecule has 0 spiro atoms. The lowest BCUT2D eigenvalue weighted by Crippen LogP contribution is -2.59. The van der Waals surface area contributed by atoms with E-state index >= 15 is 0 Å². The van der Waals surface area contributed by atoms with E-state index in [9.17, 15) is 0 Å². The van der Waals surface area contributed by atoms with E-state index in [-0.39, 0.29) is 6.71 Å². The molecule has 0 saturated heterocycles. The number of aromatic nitrogens is 3. The van der Waals surface area contributed by atoms with Gasteiger partial charge in [-0.1, -0.05) is 12.1 Å². The smallest absolute Gasteiger partial charge is 0.294 e. The summed E-state index contributed by atoms with van der Waals surface area (Å²) in [6.45, 7) is -0.0124. The van der Waals surface area contributed by atoms with Crippen molar-refractivity contribution in [3.05, 3.63) is 49.1 Å². The van der Waals surface area contributed by atoms with Crippen molar-refractivity contribution in [2.24, 2.45) is 0 Å². The first-order valence-corrected chi connectivity index (χ1v) is 8.95. The summed E-state index contributed by atoms with van der Waals surface area (Å²) in [6.07, 6.45) is 3.14. The highest BCUT2D eigenvalue weighted by Gasteiger charge is 2.35. The second-order valence-corrected chi connectivity index (χ2v) is 7.26. The number of nitrogens with zero attached hydrogens (tertiary/aromatic N) is 6. The number of rotatable bonds is 3. The Morgan fingerprint density at radius 3 is 1.70 bits per heavy atom. The molecule has 3 aromatic rings. The van der Waals surface area contributed by atoms with Crippen LogP contribution in [0.15, 0.2) is 49.1 Å². The topological polar surface area (TPSA) is 48.4 Å². The van der Waals surface area contributed by atoms with Crippen molar-refractivity contribution in [3.8, 4) is 0 Å². The van der Waals surface area contributed by atoms with Gasteiger partial charge in [0.1, 0.15) is 18.4 Å². The Morgan fingerprint density at radius 1 is 0.778 bits per heavy atom. The number of hydrogen-bond donors (Lipinski definition) is 0. The summed E-state index contributed by atoms with van der Waals surface area (Å²) >= 11 is 0. The lowest BCUT2D eigenvalue weighted by molar-refractivity contribution is 1.08. The minimum Gasteiger partial charge on any atom is -0.378 e. The van der Waals surface area contributed by atoms with Gasteiger partial charge in [0.25, 0.3) is 6.71 Å². The summed E-state index contributed by atoms with van der Waals surface area (Å²) in [5, 5.41) is 0. The third-order valence-electron chi connectivity index (χ3n) is 5.18. The van der Waals surface area contributed by atoms with Gasteiger partial charge in [0.05, 0.1) is 0 Å². The van der Waals surface area contributed by atoms with E-state index in [1.807, 2.05) is 0 Å². The van der Waals surface area contributed by atoms with E-state index in [1.54, 1.807) is 12.7 Å². The molecule has 2 aromatic carbocycles. The molecule has 0 N–H and O–H groups in total. The molecule has 0 bridgehead atoms. The van der Waals surface area contributed by atoms with E-state index in [0.717, 1.165) is 5.72 Å². The maximum Gasteiger partial charge on any atom is 0.294 e. The van der Waals surface area contributed by atoms with Crippen molar-refractivity contribution in [3.63, 3.8) is 0 Å². The molecule has 0 atom stereocenters. The molecule has 0 amide bonds. The highest BCUT2D eigenvalue weighted by atomic mass is 15.1. The molecular weight excluding hydrogens is 335 g/mol. The standard InChI is InChI=1S/C20H23BN6/c1-25(2)14-6-8-16-18(10-14)27(5)19-11-15(26(3)4)7-9-17(19)21(16)20-23-12-22-13-24-20/h6-13H,1-5H3. The van der Waals surface area contributed by atoms with Crippen molar-refractivity contribution >= 4 is 46.1 Å². The zero-order valence-corrected chi connectivity index (χ0v) is 16.4. The van der Waals surface area contributed by atoms with Gasteiger partial charge in [-0.05, 0) is 35.2 Å². The molecule has 0 saturated carbocycles. The molecule has 6 nitrogen and oxygen atoms in total. The average Bonchev–Trinajstić information content (AvgIpc) is 2.68. The Morgan fingerprint density at radius 2 is 1.26 bits per heavy atom. The van der Waals surface area contributed by atoms with Crippen molar-refractivity contribution in [2.45, 2.75) is 0 Å². The minimum absolute atomic E-state index is 0.0124. The normalized spacial score (nSPS) is 12.5. The Labute approximate surface area is 160 Å². The summed E-state index contributed by atoms with van der Waals surface area (Å²) in [5.41, 5.74) is 7.88. The monoisotopic (exact) mass is 358 g/mol. The molecule has 27 heavy (non-hydrogen) atoms. The summed E-state index contributed by atoms with van der Waals surface area (Å²) in [4.78, 5) is 19.5. The average molecular weight is 358 g/mol. The van der Waals surface area contributed by atoms with Gasteiger partial charge in [0.2, 0.25) is 0 Å². The number of fused-ring (bicyclic) bond motifs is 2.